The highest BCUT2D eigenvalue weighted by Gasteiger charge is 1.96. The molecule has 0 atom stereocenters. The Morgan fingerprint density at radius 1 is 1.30 bits per heavy atom. The van der Waals surface area contributed by atoms with Gasteiger partial charge < -0.3 is 4.42 Å². The van der Waals surface area contributed by atoms with E-state index in [9.17, 15) is 0 Å². The molecular weight excluding hydrogens is 124 g/mol. The molecule has 0 amide bonds. The van der Waals surface area contributed by atoms with E-state index in [0.29, 0.717) is 0 Å². The van der Waals surface area contributed by atoms with Crippen LogP contribution in [-0.2, 0) is 0 Å². The number of benzene rings is 1. The van der Waals surface area contributed by atoms with Crippen molar-refractivity contribution in [2.24, 2.45) is 0 Å². The summed E-state index contributed by atoms with van der Waals surface area (Å²) in [6.45, 7) is 2.05. The second-order valence-corrected chi connectivity index (χ2v) is 2.41. The summed E-state index contributed by atoms with van der Waals surface area (Å²) < 4.78 is 5.25. The number of rotatable bonds is 0. The number of aryl methyl sites for hydroxylation is 1. The molecule has 1 nitrogen and oxygen atoms in total. The van der Waals surface area contributed by atoms with Gasteiger partial charge in [-0.25, -0.2) is 0 Å². The molecule has 0 spiro atoms. The maximum absolute atomic E-state index is 5.25. The van der Waals surface area contributed by atoms with Crippen molar-refractivity contribution in [1.29, 1.82) is 0 Å². The molecule has 0 unspecified atom stereocenters. The van der Waals surface area contributed by atoms with E-state index in [4.69, 9.17) is 4.42 Å². The maximum atomic E-state index is 5.25. The minimum absolute atomic E-state index is 0. The van der Waals surface area contributed by atoms with Crippen LogP contribution in [0.1, 0.15) is 6.99 Å². The summed E-state index contributed by atoms with van der Waals surface area (Å²) in [7, 11) is 0. The molecule has 52 valence electrons. The van der Waals surface area contributed by atoms with Gasteiger partial charge in [0.05, 0.1) is 6.26 Å². The van der Waals surface area contributed by atoms with Crippen LogP contribution in [-0.4, -0.2) is 0 Å². The zero-order chi connectivity index (χ0) is 6.97. The Hall–Kier alpha value is -1.24. The maximum Gasteiger partial charge on any atom is 0.136 e. The van der Waals surface area contributed by atoms with Gasteiger partial charge in [-0.1, -0.05) is 18.2 Å². The summed E-state index contributed by atoms with van der Waals surface area (Å²) in [4.78, 5) is 0. The zero-order valence-electron chi connectivity index (χ0n) is 5.79. The van der Waals surface area contributed by atoms with E-state index in [-0.39, 0.29) is 1.43 Å². The first-order chi connectivity index (χ1) is 4.88. The molecule has 0 aliphatic heterocycles. The van der Waals surface area contributed by atoms with E-state index in [0.717, 1.165) is 5.58 Å². The lowest BCUT2D eigenvalue weighted by Crippen LogP contribution is -1.69. The van der Waals surface area contributed by atoms with Crippen molar-refractivity contribution in [1.82, 2.24) is 0 Å². The molecule has 0 saturated carbocycles. The Bertz CT molecular complexity index is 351. The van der Waals surface area contributed by atoms with Crippen LogP contribution in [0.2, 0.25) is 0 Å². The van der Waals surface area contributed by atoms with Gasteiger partial charge >= 0.3 is 0 Å². The summed E-state index contributed by atoms with van der Waals surface area (Å²) in [6, 6.07) is 8.10. The van der Waals surface area contributed by atoms with Crippen molar-refractivity contribution in [3.05, 3.63) is 36.1 Å². The number of hydrogen-bond donors (Lipinski definition) is 0. The fourth-order valence-electron chi connectivity index (χ4n) is 1.14. The monoisotopic (exact) mass is 135 g/mol. The summed E-state index contributed by atoms with van der Waals surface area (Å²) >= 11 is 0. The molecule has 2 rings (SSSR count). The molecule has 2 aromatic rings. The summed E-state index contributed by atoms with van der Waals surface area (Å²) in [5.74, 6) is 0. The largest absolute Gasteiger partial charge is 0.464 e. The third kappa shape index (κ3) is 0.637. The van der Waals surface area contributed by atoms with Crippen LogP contribution in [0.25, 0.3) is 11.0 Å². The third-order valence-corrected chi connectivity index (χ3v) is 1.68. The average molecular weight is 135 g/mol. The van der Waals surface area contributed by atoms with Crippen LogP contribution in [0, 0.1) is 6.92 Å². The van der Waals surface area contributed by atoms with Crippen molar-refractivity contribution in [2.45, 2.75) is 6.92 Å². The van der Waals surface area contributed by atoms with Gasteiger partial charge in [-0.2, -0.15) is 0 Å². The zero-order valence-corrected chi connectivity index (χ0v) is 5.79. The fourth-order valence-corrected chi connectivity index (χ4v) is 1.14. The minimum atomic E-state index is 0. The number of furan rings is 1. The average Bonchev–Trinajstić information content (AvgIpc) is 2.36. The van der Waals surface area contributed by atoms with Crippen molar-refractivity contribution in [3.8, 4) is 0 Å². The van der Waals surface area contributed by atoms with E-state index < -0.39 is 0 Å². The molecule has 1 aromatic heterocycles. The van der Waals surface area contributed by atoms with Crippen LogP contribution in [0.3, 0.4) is 0 Å². The summed E-state index contributed by atoms with van der Waals surface area (Å²) in [5.41, 5.74) is 2.20. The first-order valence-corrected chi connectivity index (χ1v) is 3.31. The Kier molecular flexibility index (Phi) is 1.04. The van der Waals surface area contributed by atoms with Gasteiger partial charge in [0.15, 0.2) is 0 Å². The minimum Gasteiger partial charge on any atom is -0.464 e. The molecule has 0 fully saturated rings. The predicted octanol–water partition coefficient (Wildman–Crippen LogP) is 2.99. The van der Waals surface area contributed by atoms with Crippen LogP contribution >= 0.6 is 0 Å². The van der Waals surface area contributed by atoms with Crippen LogP contribution in [0.4, 0.5) is 0 Å². The smallest absolute Gasteiger partial charge is 0.136 e. The van der Waals surface area contributed by atoms with Crippen LogP contribution in [0.5, 0.6) is 0 Å². The Morgan fingerprint density at radius 3 is 3.00 bits per heavy atom. The topological polar surface area (TPSA) is 13.1 Å². The van der Waals surface area contributed by atoms with Crippen LogP contribution < -0.4 is 0 Å². The van der Waals surface area contributed by atoms with Gasteiger partial charge in [-0.05, 0) is 18.6 Å². The van der Waals surface area contributed by atoms with Gasteiger partial charge in [-0.3, -0.25) is 0 Å². The van der Waals surface area contributed by atoms with Crippen molar-refractivity contribution in [3.63, 3.8) is 0 Å². The molecule has 0 aliphatic rings. The second kappa shape index (κ2) is 1.87. The quantitative estimate of drug-likeness (QED) is 0.541. The van der Waals surface area contributed by atoms with Gasteiger partial charge in [0, 0.05) is 6.81 Å². The lowest BCUT2D eigenvalue weighted by molar-refractivity contribution is 0.613. The molecular formula is C9H10O. The lowest BCUT2D eigenvalue weighted by atomic mass is 10.2. The molecule has 1 aromatic carbocycles. The van der Waals surface area contributed by atoms with Crippen molar-refractivity contribution < 1.29 is 5.84 Å². The third-order valence-electron chi connectivity index (χ3n) is 1.68. The molecule has 10 heavy (non-hydrogen) atoms. The first kappa shape index (κ1) is 5.54. The molecule has 0 N–H and O–H groups in total. The fraction of sp³-hybridized carbons (Fsp3) is 0.111. The number of fused-ring (bicyclic) bond motifs is 1. The van der Waals surface area contributed by atoms with Gasteiger partial charge in [0.25, 0.3) is 0 Å². The second-order valence-electron chi connectivity index (χ2n) is 2.41. The molecule has 1 heterocycles. The molecule has 0 saturated heterocycles. The van der Waals surface area contributed by atoms with E-state index in [1.165, 1.54) is 10.9 Å². The van der Waals surface area contributed by atoms with E-state index in [2.05, 4.69) is 0 Å². The number of para-hydroxylation sites is 1. The highest BCUT2D eigenvalue weighted by atomic mass is 16.3. The van der Waals surface area contributed by atoms with E-state index in [1.54, 1.807) is 6.26 Å². The Morgan fingerprint density at radius 2 is 2.20 bits per heavy atom. The Labute approximate surface area is 60.8 Å². The Balaban J connectivity index is 0.000000605. The molecule has 0 radical (unpaired) electrons. The predicted molar refractivity (Wildman–Crippen MR) is 43.1 cm³/mol. The lowest BCUT2D eigenvalue weighted by Gasteiger charge is -1.90. The van der Waals surface area contributed by atoms with Gasteiger partial charge in [-0.15, -0.1) is 0 Å². The number of hydrogen-bond acceptors (Lipinski definition) is 1. The highest BCUT2D eigenvalue weighted by molar-refractivity contribution is 5.79. The molecule has 0 aliphatic carbocycles. The van der Waals surface area contributed by atoms with Crippen LogP contribution in [0.15, 0.2) is 34.9 Å². The normalized spacial score (nSPS) is 10.5. The molecule has 0 bridgehead atoms. The summed E-state index contributed by atoms with van der Waals surface area (Å²) in [6.07, 6.45) is 1.72. The summed E-state index contributed by atoms with van der Waals surface area (Å²) in [5, 5.41) is 1.18. The SMILES string of the molecule is Cc1cccc2ccoc12.[2HH]. The van der Waals surface area contributed by atoms with Crippen molar-refractivity contribution >= 4 is 11.0 Å². The standard InChI is InChI=1S/C9H8O.H2/c1-7-3-2-4-8-5-6-10-9(7)8;/h2-6H,1H3;1H/i;1+1. The first-order valence-electron chi connectivity index (χ1n) is 3.31. The highest BCUT2D eigenvalue weighted by Crippen LogP contribution is 2.18. The molecule has 1 heteroatoms. The van der Waals surface area contributed by atoms with Crippen molar-refractivity contribution in [2.75, 3.05) is 0 Å². The van der Waals surface area contributed by atoms with E-state index in [1.807, 2.05) is 31.2 Å². The van der Waals surface area contributed by atoms with Gasteiger partial charge in [0.2, 0.25) is 0 Å². The van der Waals surface area contributed by atoms with E-state index >= 15 is 0 Å². The van der Waals surface area contributed by atoms with Gasteiger partial charge in [0.1, 0.15) is 5.58 Å².